The summed E-state index contributed by atoms with van der Waals surface area (Å²) in [5.74, 6) is 0.334. The maximum absolute atomic E-state index is 12.7. The van der Waals surface area contributed by atoms with Gasteiger partial charge in [-0.15, -0.1) is 0 Å². The summed E-state index contributed by atoms with van der Waals surface area (Å²) in [7, 11) is 0. The molecule has 28 heavy (non-hydrogen) atoms. The molecule has 0 bridgehead atoms. The normalized spacial score (nSPS) is 14.7. The van der Waals surface area contributed by atoms with Crippen LogP contribution in [0.15, 0.2) is 48.9 Å². The molecule has 4 rings (SSSR count). The quantitative estimate of drug-likeness (QED) is 0.678. The van der Waals surface area contributed by atoms with Crippen LogP contribution in [-0.2, 0) is 4.74 Å². The van der Waals surface area contributed by atoms with Gasteiger partial charge < -0.3 is 15.4 Å². The van der Waals surface area contributed by atoms with E-state index in [-0.39, 0.29) is 5.91 Å². The monoisotopic (exact) mass is 378 g/mol. The predicted octanol–water partition coefficient (Wildman–Crippen LogP) is 2.02. The van der Waals surface area contributed by atoms with Gasteiger partial charge in [-0.1, -0.05) is 18.2 Å². The highest BCUT2D eigenvalue weighted by molar-refractivity contribution is 6.07. The fourth-order valence-electron chi connectivity index (χ4n) is 3.14. The van der Waals surface area contributed by atoms with Crippen LogP contribution in [0.4, 0.5) is 11.5 Å². The molecule has 1 saturated heterocycles. The predicted molar refractivity (Wildman–Crippen MR) is 107 cm³/mol. The van der Waals surface area contributed by atoms with E-state index in [1.165, 1.54) is 6.33 Å². The second-order valence-corrected chi connectivity index (χ2v) is 6.50. The van der Waals surface area contributed by atoms with Crippen molar-refractivity contribution in [3.8, 4) is 0 Å². The highest BCUT2D eigenvalue weighted by Gasteiger charge is 2.12. The van der Waals surface area contributed by atoms with Crippen molar-refractivity contribution >= 4 is 28.3 Å². The maximum Gasteiger partial charge on any atom is 0.274 e. The van der Waals surface area contributed by atoms with E-state index in [1.807, 2.05) is 30.3 Å². The third kappa shape index (κ3) is 4.41. The minimum atomic E-state index is -0.295. The number of rotatable bonds is 6. The number of pyridine rings is 1. The van der Waals surface area contributed by atoms with Gasteiger partial charge in [-0.05, 0) is 12.1 Å². The molecule has 2 aromatic heterocycles. The number of amides is 1. The summed E-state index contributed by atoms with van der Waals surface area (Å²) in [6, 6.07) is 11.2. The molecule has 3 aromatic rings. The Bertz CT molecular complexity index is 953. The Balaban J connectivity index is 1.39. The number of hydrogen-bond acceptors (Lipinski definition) is 7. The summed E-state index contributed by atoms with van der Waals surface area (Å²) in [4.78, 5) is 27.6. The number of ether oxygens (including phenoxy) is 1. The summed E-state index contributed by atoms with van der Waals surface area (Å²) in [5, 5.41) is 7.12. The van der Waals surface area contributed by atoms with Crippen LogP contribution in [0.5, 0.6) is 0 Å². The summed E-state index contributed by atoms with van der Waals surface area (Å²) in [6.45, 7) is 5.08. The van der Waals surface area contributed by atoms with E-state index in [9.17, 15) is 4.79 Å². The second-order valence-electron chi connectivity index (χ2n) is 6.50. The topological polar surface area (TPSA) is 92.3 Å². The molecule has 0 atom stereocenters. The lowest BCUT2D eigenvalue weighted by Gasteiger charge is -2.26. The molecule has 2 N–H and O–H groups in total. The van der Waals surface area contributed by atoms with Gasteiger partial charge in [0.15, 0.2) is 0 Å². The zero-order chi connectivity index (χ0) is 19.2. The molecular formula is C20H22N6O2. The van der Waals surface area contributed by atoms with E-state index in [1.54, 1.807) is 12.3 Å². The zero-order valence-corrected chi connectivity index (χ0v) is 15.5. The van der Waals surface area contributed by atoms with Crippen LogP contribution in [0.1, 0.15) is 10.5 Å². The van der Waals surface area contributed by atoms with Gasteiger partial charge in [-0.3, -0.25) is 14.7 Å². The van der Waals surface area contributed by atoms with Crippen molar-refractivity contribution in [2.45, 2.75) is 0 Å². The van der Waals surface area contributed by atoms with E-state index < -0.39 is 0 Å². The molecule has 3 heterocycles. The molecule has 0 aliphatic carbocycles. The minimum absolute atomic E-state index is 0.295. The number of hydrogen-bond donors (Lipinski definition) is 2. The third-order valence-electron chi connectivity index (χ3n) is 4.62. The first-order chi connectivity index (χ1) is 13.8. The fourth-order valence-corrected chi connectivity index (χ4v) is 3.14. The second kappa shape index (κ2) is 8.73. The Kier molecular flexibility index (Phi) is 5.69. The highest BCUT2D eigenvalue weighted by atomic mass is 16.5. The molecule has 1 aliphatic heterocycles. The van der Waals surface area contributed by atoms with Crippen LogP contribution in [0.25, 0.3) is 10.9 Å². The van der Waals surface area contributed by atoms with Crippen LogP contribution in [0.2, 0.25) is 0 Å². The van der Waals surface area contributed by atoms with Gasteiger partial charge in [-0.2, -0.15) is 0 Å². The number of morpholine rings is 1. The number of para-hydroxylation sites is 1. The third-order valence-corrected chi connectivity index (χ3v) is 4.62. The number of aromatic nitrogens is 3. The molecule has 0 unspecified atom stereocenters. The Labute approximate surface area is 163 Å². The van der Waals surface area contributed by atoms with Crippen molar-refractivity contribution in [3.63, 3.8) is 0 Å². The van der Waals surface area contributed by atoms with E-state index in [0.717, 1.165) is 50.3 Å². The van der Waals surface area contributed by atoms with E-state index >= 15 is 0 Å². The Morgan fingerprint density at radius 1 is 1.11 bits per heavy atom. The maximum atomic E-state index is 12.7. The molecule has 8 heteroatoms. The van der Waals surface area contributed by atoms with E-state index in [0.29, 0.717) is 17.2 Å². The van der Waals surface area contributed by atoms with Gasteiger partial charge >= 0.3 is 0 Å². The van der Waals surface area contributed by atoms with Crippen LogP contribution in [0.3, 0.4) is 0 Å². The average Bonchev–Trinajstić information content (AvgIpc) is 2.75. The molecule has 1 amide bonds. The number of carbonyl (C=O) groups excluding carboxylic acids is 1. The van der Waals surface area contributed by atoms with Crippen molar-refractivity contribution in [3.05, 3.63) is 54.6 Å². The first kappa shape index (κ1) is 18.3. The van der Waals surface area contributed by atoms with Gasteiger partial charge in [-0.25, -0.2) is 9.97 Å². The van der Waals surface area contributed by atoms with Crippen molar-refractivity contribution in [2.75, 3.05) is 50.0 Å². The molecule has 0 spiro atoms. The largest absolute Gasteiger partial charge is 0.379 e. The lowest BCUT2D eigenvalue weighted by Crippen LogP contribution is -2.39. The molecule has 1 aliphatic rings. The Morgan fingerprint density at radius 3 is 2.86 bits per heavy atom. The van der Waals surface area contributed by atoms with Crippen LogP contribution >= 0.6 is 0 Å². The van der Waals surface area contributed by atoms with Gasteiger partial charge in [0, 0.05) is 43.8 Å². The number of fused-ring (bicyclic) bond motifs is 1. The number of nitrogens with one attached hydrogen (secondary N) is 2. The molecule has 1 aromatic carbocycles. The summed E-state index contributed by atoms with van der Waals surface area (Å²) in [5.41, 5.74) is 1.71. The van der Waals surface area contributed by atoms with Crippen molar-refractivity contribution < 1.29 is 9.53 Å². The molecule has 0 saturated carbocycles. The summed E-state index contributed by atoms with van der Waals surface area (Å²) in [6.07, 6.45) is 3.10. The first-order valence-corrected chi connectivity index (χ1v) is 9.31. The molecular weight excluding hydrogens is 356 g/mol. The number of anilines is 2. The molecule has 8 nitrogen and oxygen atoms in total. The van der Waals surface area contributed by atoms with Gasteiger partial charge in [0.2, 0.25) is 0 Å². The van der Waals surface area contributed by atoms with Gasteiger partial charge in [0.1, 0.15) is 17.8 Å². The minimum Gasteiger partial charge on any atom is -0.379 e. The van der Waals surface area contributed by atoms with Crippen molar-refractivity contribution in [1.29, 1.82) is 0 Å². The lowest BCUT2D eigenvalue weighted by molar-refractivity contribution is 0.0398. The van der Waals surface area contributed by atoms with E-state index in [4.69, 9.17) is 4.74 Å². The summed E-state index contributed by atoms with van der Waals surface area (Å²) >= 11 is 0. The summed E-state index contributed by atoms with van der Waals surface area (Å²) < 4.78 is 5.35. The zero-order valence-electron chi connectivity index (χ0n) is 15.5. The molecule has 1 fully saturated rings. The Hall–Kier alpha value is -3.10. The Morgan fingerprint density at radius 2 is 1.96 bits per heavy atom. The smallest absolute Gasteiger partial charge is 0.274 e. The number of nitrogens with zero attached hydrogens (tertiary/aromatic N) is 4. The number of carbonyl (C=O) groups is 1. The lowest BCUT2D eigenvalue weighted by atomic mass is 10.2. The average molecular weight is 378 g/mol. The van der Waals surface area contributed by atoms with Crippen molar-refractivity contribution in [2.24, 2.45) is 0 Å². The van der Waals surface area contributed by atoms with Crippen LogP contribution < -0.4 is 10.6 Å². The van der Waals surface area contributed by atoms with Gasteiger partial charge in [0.05, 0.1) is 24.4 Å². The highest BCUT2D eigenvalue weighted by Crippen LogP contribution is 2.21. The molecule has 144 valence electrons. The SMILES string of the molecule is O=C(Nc1cccc2cccnc12)c1cc(NCCN2CCOCC2)ncn1. The fraction of sp³-hybridized carbons (Fsp3) is 0.300. The van der Waals surface area contributed by atoms with Crippen LogP contribution in [0, 0.1) is 0 Å². The van der Waals surface area contributed by atoms with Gasteiger partial charge in [0.25, 0.3) is 5.91 Å². The van der Waals surface area contributed by atoms with Crippen LogP contribution in [-0.4, -0.2) is 65.2 Å². The standard InChI is InChI=1S/C20H22N6O2/c27-20(25-16-5-1-3-15-4-2-6-22-19(15)16)17-13-18(24-14-23-17)21-7-8-26-9-11-28-12-10-26/h1-6,13-14H,7-12H2,(H,25,27)(H,21,23,24). The molecule has 0 radical (unpaired) electrons. The van der Waals surface area contributed by atoms with E-state index in [2.05, 4.69) is 30.5 Å². The van der Waals surface area contributed by atoms with Crippen molar-refractivity contribution in [1.82, 2.24) is 19.9 Å². The number of benzene rings is 1. The first-order valence-electron chi connectivity index (χ1n) is 9.31.